The van der Waals surface area contributed by atoms with Gasteiger partial charge in [-0.05, 0) is 42.3 Å². The van der Waals surface area contributed by atoms with E-state index in [1.165, 1.54) is 23.7 Å². The van der Waals surface area contributed by atoms with Gasteiger partial charge in [0.2, 0.25) is 0 Å². The highest BCUT2D eigenvalue weighted by Crippen LogP contribution is 2.35. The molecule has 1 amide bonds. The summed E-state index contributed by atoms with van der Waals surface area (Å²) in [6, 6.07) is 16.3. The first-order chi connectivity index (χ1) is 22.2. The van der Waals surface area contributed by atoms with E-state index < -0.39 is 11.7 Å². The van der Waals surface area contributed by atoms with E-state index >= 15 is 0 Å². The fraction of sp³-hybridized carbons (Fsp3) is 0.176. The lowest BCUT2D eigenvalue weighted by molar-refractivity contribution is -0.137. The van der Waals surface area contributed by atoms with Gasteiger partial charge in [0, 0.05) is 46.9 Å². The molecule has 3 aromatic carbocycles. The first-order valence-electron chi connectivity index (χ1n) is 14.2. The number of nitrogens with zero attached hydrogens (tertiary/aromatic N) is 3. The highest BCUT2D eigenvalue weighted by molar-refractivity contribution is 7.18. The summed E-state index contributed by atoms with van der Waals surface area (Å²) in [5.41, 5.74) is 3.59. The number of carbonyl (C=O) groups excluding carboxylic acids is 1. The molecule has 0 aliphatic carbocycles. The molecule has 8 nitrogen and oxygen atoms in total. The predicted octanol–water partition coefficient (Wildman–Crippen LogP) is 8.04. The largest absolute Gasteiger partial charge is 0.497 e. The number of methoxy groups -OCH3 is 2. The number of carbonyl (C=O) groups is 1. The summed E-state index contributed by atoms with van der Waals surface area (Å²) in [5, 5.41) is 9.59. The Morgan fingerprint density at radius 3 is 2.59 bits per heavy atom. The maximum absolute atomic E-state index is 13.7. The summed E-state index contributed by atoms with van der Waals surface area (Å²) in [5.74, 6) is 1.59. The third kappa shape index (κ3) is 6.16. The van der Waals surface area contributed by atoms with Crippen LogP contribution < -0.4 is 20.1 Å². The number of alkyl halides is 3. The molecule has 0 saturated heterocycles. The number of rotatable bonds is 9. The van der Waals surface area contributed by atoms with Crippen molar-refractivity contribution in [3.63, 3.8) is 0 Å². The van der Waals surface area contributed by atoms with Gasteiger partial charge in [0.05, 0.1) is 46.9 Å². The molecule has 0 saturated carbocycles. The zero-order valence-electron chi connectivity index (χ0n) is 25.0. The van der Waals surface area contributed by atoms with Crippen molar-refractivity contribution in [3.8, 4) is 11.5 Å². The lowest BCUT2D eigenvalue weighted by Gasteiger charge is -2.14. The first-order valence-corrected chi connectivity index (χ1v) is 15.1. The van der Waals surface area contributed by atoms with E-state index in [0.717, 1.165) is 38.7 Å². The van der Waals surface area contributed by atoms with Crippen molar-refractivity contribution in [1.82, 2.24) is 15.0 Å². The van der Waals surface area contributed by atoms with Gasteiger partial charge in [-0.2, -0.15) is 13.2 Å². The number of aromatic nitrogens is 3. The van der Waals surface area contributed by atoms with E-state index in [1.807, 2.05) is 31.2 Å². The Bertz CT molecular complexity index is 2080. The topological polar surface area (TPSA) is 98.3 Å². The first kappa shape index (κ1) is 30.8. The van der Waals surface area contributed by atoms with Crippen LogP contribution in [0, 0.1) is 6.92 Å². The molecule has 0 fully saturated rings. The van der Waals surface area contributed by atoms with E-state index in [0.29, 0.717) is 51.9 Å². The van der Waals surface area contributed by atoms with Gasteiger partial charge in [0.25, 0.3) is 5.91 Å². The summed E-state index contributed by atoms with van der Waals surface area (Å²) < 4.78 is 51.4. The van der Waals surface area contributed by atoms with E-state index in [2.05, 4.69) is 25.6 Å². The Labute approximate surface area is 266 Å². The van der Waals surface area contributed by atoms with Crippen molar-refractivity contribution < 1.29 is 27.4 Å². The summed E-state index contributed by atoms with van der Waals surface area (Å²) in [6.45, 7) is 2.30. The summed E-state index contributed by atoms with van der Waals surface area (Å²) in [7, 11) is 3.19. The van der Waals surface area contributed by atoms with Gasteiger partial charge in [-0.3, -0.25) is 9.78 Å². The van der Waals surface area contributed by atoms with Crippen LogP contribution >= 0.6 is 11.3 Å². The molecule has 0 bridgehead atoms. The number of benzene rings is 3. The number of amides is 1. The van der Waals surface area contributed by atoms with Gasteiger partial charge in [0.1, 0.15) is 23.6 Å². The Kier molecular flexibility index (Phi) is 8.46. The van der Waals surface area contributed by atoms with Crippen LogP contribution in [0.1, 0.15) is 38.3 Å². The zero-order valence-corrected chi connectivity index (χ0v) is 25.8. The average Bonchev–Trinajstić information content (AvgIpc) is 3.50. The maximum Gasteiger partial charge on any atom is 0.416 e. The normalized spacial score (nSPS) is 11.5. The van der Waals surface area contributed by atoms with Crippen molar-refractivity contribution in [1.29, 1.82) is 0 Å². The lowest BCUT2D eigenvalue weighted by Crippen LogP contribution is -2.13. The number of nitrogens with one attached hydrogen (secondary N) is 2. The third-order valence-corrected chi connectivity index (χ3v) is 8.62. The maximum atomic E-state index is 13.7. The molecule has 12 heteroatoms. The minimum absolute atomic E-state index is 0.196. The molecule has 0 atom stereocenters. The molecular weight excluding hydrogens is 615 g/mol. The minimum atomic E-state index is -4.44. The SMILES string of the molecule is COc1ccc(CNc2ncnc3c(C(=O)Nc4c(C)ccc5c(Cc6cccc(C(F)(F)F)c6)nccc45)csc23)c(OC)c1. The van der Waals surface area contributed by atoms with E-state index in [1.54, 1.807) is 44.0 Å². The van der Waals surface area contributed by atoms with Crippen LogP contribution in [0.25, 0.3) is 21.0 Å². The molecule has 2 N–H and O–H groups in total. The Morgan fingerprint density at radius 2 is 1.80 bits per heavy atom. The number of ether oxygens (including phenoxy) is 2. The van der Waals surface area contributed by atoms with Gasteiger partial charge in [-0.1, -0.05) is 30.3 Å². The van der Waals surface area contributed by atoms with E-state index in [-0.39, 0.29) is 12.3 Å². The molecule has 6 rings (SSSR count). The molecule has 0 unspecified atom stereocenters. The smallest absolute Gasteiger partial charge is 0.416 e. The van der Waals surface area contributed by atoms with Gasteiger partial charge < -0.3 is 20.1 Å². The molecule has 0 aliphatic heterocycles. The summed E-state index contributed by atoms with van der Waals surface area (Å²) in [6.07, 6.45) is -1.23. The number of thiophene rings is 1. The number of pyridine rings is 1. The predicted molar refractivity (Wildman–Crippen MR) is 173 cm³/mol. The summed E-state index contributed by atoms with van der Waals surface area (Å²) in [4.78, 5) is 27.0. The second-order valence-corrected chi connectivity index (χ2v) is 11.4. The Morgan fingerprint density at radius 1 is 0.957 bits per heavy atom. The number of halogens is 3. The van der Waals surface area contributed by atoms with E-state index in [9.17, 15) is 18.0 Å². The number of hydrogen-bond donors (Lipinski definition) is 2. The highest BCUT2D eigenvalue weighted by atomic mass is 32.1. The van der Waals surface area contributed by atoms with Crippen molar-refractivity contribution >= 4 is 49.7 Å². The highest BCUT2D eigenvalue weighted by Gasteiger charge is 2.30. The fourth-order valence-corrected chi connectivity index (χ4v) is 6.24. The molecule has 0 spiro atoms. The fourth-order valence-electron chi connectivity index (χ4n) is 5.28. The Balaban J connectivity index is 1.26. The number of fused-ring (bicyclic) bond motifs is 2. The minimum Gasteiger partial charge on any atom is -0.497 e. The van der Waals surface area contributed by atoms with Gasteiger partial charge in [-0.25, -0.2) is 9.97 Å². The summed E-state index contributed by atoms with van der Waals surface area (Å²) >= 11 is 1.36. The molecule has 6 aromatic rings. The van der Waals surface area contributed by atoms with Crippen LogP contribution in [0.2, 0.25) is 0 Å². The van der Waals surface area contributed by atoms with Crippen LogP contribution in [-0.2, 0) is 19.1 Å². The van der Waals surface area contributed by atoms with Gasteiger partial charge >= 0.3 is 6.18 Å². The van der Waals surface area contributed by atoms with E-state index in [4.69, 9.17) is 9.47 Å². The average molecular weight is 644 g/mol. The third-order valence-electron chi connectivity index (χ3n) is 7.64. The van der Waals surface area contributed by atoms with Crippen LogP contribution in [0.15, 0.2) is 78.6 Å². The van der Waals surface area contributed by atoms with Crippen LogP contribution in [0.3, 0.4) is 0 Å². The lowest BCUT2D eigenvalue weighted by atomic mass is 9.99. The van der Waals surface area contributed by atoms with Crippen LogP contribution in [0.4, 0.5) is 24.7 Å². The molecule has 3 heterocycles. The molecule has 0 aliphatic rings. The molecule has 3 aromatic heterocycles. The zero-order chi connectivity index (χ0) is 32.4. The molecule has 0 radical (unpaired) electrons. The molecular formula is C34H28F3N5O3S. The standard InChI is InChI=1S/C34H28F3N5O3S/c1-19-7-10-24-25(11-12-38-27(24)14-20-5-4-6-22(13-20)34(35,36)37)29(19)42-33(43)26-17-46-31-30(26)40-18-41-32(31)39-16-21-8-9-23(44-2)15-28(21)45-3/h4-13,15,17-18H,14,16H2,1-3H3,(H,42,43)(H,39,40,41). The van der Waals surface area contributed by atoms with Crippen molar-refractivity contribution in [3.05, 3.63) is 112 Å². The van der Waals surface area contributed by atoms with Crippen molar-refractivity contribution in [2.45, 2.75) is 26.1 Å². The molecule has 234 valence electrons. The van der Waals surface area contributed by atoms with Gasteiger partial charge in [0.15, 0.2) is 0 Å². The van der Waals surface area contributed by atoms with Crippen LogP contribution in [0.5, 0.6) is 11.5 Å². The monoisotopic (exact) mass is 643 g/mol. The quantitative estimate of drug-likeness (QED) is 0.165. The van der Waals surface area contributed by atoms with Crippen molar-refractivity contribution in [2.75, 3.05) is 24.9 Å². The molecule has 46 heavy (non-hydrogen) atoms. The second kappa shape index (κ2) is 12.6. The Hall–Kier alpha value is -5.23. The van der Waals surface area contributed by atoms with Gasteiger partial charge in [-0.15, -0.1) is 11.3 Å². The number of anilines is 2. The van der Waals surface area contributed by atoms with Crippen LogP contribution in [-0.4, -0.2) is 35.1 Å². The number of hydrogen-bond acceptors (Lipinski definition) is 8. The number of aryl methyl sites for hydroxylation is 1. The van der Waals surface area contributed by atoms with Crippen molar-refractivity contribution in [2.24, 2.45) is 0 Å². The second-order valence-electron chi connectivity index (χ2n) is 10.5.